The molecule has 0 bridgehead atoms. The highest BCUT2D eigenvalue weighted by molar-refractivity contribution is 7.90. The van der Waals surface area contributed by atoms with E-state index >= 15 is 0 Å². The molecule has 0 spiro atoms. The van der Waals surface area contributed by atoms with Crippen LogP contribution >= 0.6 is 0 Å². The number of amides is 1. The summed E-state index contributed by atoms with van der Waals surface area (Å²) in [6.45, 7) is 1.23. The third kappa shape index (κ3) is 4.06. The number of nitrogens with zero attached hydrogens (tertiary/aromatic N) is 2. The number of aryl methyl sites for hydroxylation is 1. The first-order valence-electron chi connectivity index (χ1n) is 7.93. The zero-order valence-corrected chi connectivity index (χ0v) is 14.7. The molecule has 25 heavy (non-hydrogen) atoms. The quantitative estimate of drug-likeness (QED) is 0.686. The van der Waals surface area contributed by atoms with Crippen LogP contribution in [-0.4, -0.2) is 36.7 Å². The van der Waals surface area contributed by atoms with Crippen LogP contribution in [0.4, 0.5) is 0 Å². The van der Waals surface area contributed by atoms with Gasteiger partial charge < -0.3 is 9.88 Å². The summed E-state index contributed by atoms with van der Waals surface area (Å²) in [5, 5.41) is 2.82. The van der Waals surface area contributed by atoms with E-state index in [1.165, 1.54) is 12.1 Å². The number of hydrogen-bond acceptors (Lipinski definition) is 4. The van der Waals surface area contributed by atoms with Gasteiger partial charge in [0.05, 0.1) is 22.3 Å². The van der Waals surface area contributed by atoms with Crippen LogP contribution in [0.1, 0.15) is 16.8 Å². The Bertz CT molecular complexity index is 1010. The fraction of sp³-hybridized carbons (Fsp3) is 0.222. The van der Waals surface area contributed by atoms with Gasteiger partial charge in [-0.2, -0.15) is 0 Å². The van der Waals surface area contributed by atoms with Crippen LogP contribution in [0.25, 0.3) is 11.0 Å². The van der Waals surface area contributed by atoms with Gasteiger partial charge in [-0.05, 0) is 36.8 Å². The van der Waals surface area contributed by atoms with Crippen molar-refractivity contribution >= 4 is 26.8 Å². The van der Waals surface area contributed by atoms with Crippen LogP contribution in [0.2, 0.25) is 0 Å². The normalized spacial score (nSPS) is 11.6. The summed E-state index contributed by atoms with van der Waals surface area (Å²) < 4.78 is 25.2. The molecule has 1 N–H and O–H groups in total. The molecule has 3 rings (SSSR count). The maximum Gasteiger partial charge on any atom is 0.251 e. The van der Waals surface area contributed by atoms with Crippen molar-refractivity contribution in [2.45, 2.75) is 17.9 Å². The SMILES string of the molecule is CS(=O)(=O)c1cccc(C(=O)NCCCn2cnc3ccccc32)c1. The van der Waals surface area contributed by atoms with Crippen molar-refractivity contribution < 1.29 is 13.2 Å². The molecule has 0 aliphatic carbocycles. The molecule has 1 heterocycles. The van der Waals surface area contributed by atoms with Gasteiger partial charge in [0, 0.05) is 24.9 Å². The maximum absolute atomic E-state index is 12.2. The number of carbonyl (C=O) groups is 1. The molecule has 0 saturated heterocycles. The van der Waals surface area contributed by atoms with Gasteiger partial charge in [0.25, 0.3) is 5.91 Å². The average molecular weight is 357 g/mol. The van der Waals surface area contributed by atoms with Crippen molar-refractivity contribution in [3.8, 4) is 0 Å². The Kier molecular flexibility index (Phi) is 4.85. The number of imidazole rings is 1. The Labute approximate surface area is 146 Å². The molecule has 6 nitrogen and oxygen atoms in total. The monoisotopic (exact) mass is 357 g/mol. The van der Waals surface area contributed by atoms with E-state index in [1.54, 1.807) is 18.5 Å². The van der Waals surface area contributed by atoms with Crippen molar-refractivity contribution in [3.63, 3.8) is 0 Å². The summed E-state index contributed by atoms with van der Waals surface area (Å²) in [6, 6.07) is 13.9. The number of sulfone groups is 1. The molecule has 0 aliphatic heterocycles. The molecule has 130 valence electrons. The van der Waals surface area contributed by atoms with E-state index in [0.717, 1.165) is 30.3 Å². The third-order valence-electron chi connectivity index (χ3n) is 3.91. The van der Waals surface area contributed by atoms with Crippen LogP contribution in [-0.2, 0) is 16.4 Å². The highest BCUT2D eigenvalue weighted by Gasteiger charge is 2.11. The standard InChI is InChI=1S/C18H19N3O3S/c1-25(23,24)15-7-4-6-14(12-15)18(22)19-10-5-11-21-13-20-16-8-2-3-9-17(16)21/h2-4,6-9,12-13H,5,10-11H2,1H3,(H,19,22). The summed E-state index contributed by atoms with van der Waals surface area (Å²) in [6.07, 6.45) is 3.67. The van der Waals surface area contributed by atoms with Gasteiger partial charge in [-0.15, -0.1) is 0 Å². The zero-order valence-electron chi connectivity index (χ0n) is 13.8. The first-order valence-corrected chi connectivity index (χ1v) is 9.82. The Hall–Kier alpha value is -2.67. The minimum Gasteiger partial charge on any atom is -0.352 e. The molecular weight excluding hydrogens is 338 g/mol. The average Bonchev–Trinajstić information content (AvgIpc) is 3.01. The highest BCUT2D eigenvalue weighted by atomic mass is 32.2. The molecule has 1 aromatic heterocycles. The summed E-state index contributed by atoms with van der Waals surface area (Å²) in [4.78, 5) is 16.6. The Morgan fingerprint density at radius 2 is 1.96 bits per heavy atom. The lowest BCUT2D eigenvalue weighted by Gasteiger charge is -2.07. The predicted molar refractivity (Wildman–Crippen MR) is 96.2 cm³/mol. The number of carbonyl (C=O) groups excluding carboxylic acids is 1. The van der Waals surface area contributed by atoms with Crippen LogP contribution in [0.15, 0.2) is 59.8 Å². The Morgan fingerprint density at radius 1 is 1.16 bits per heavy atom. The largest absolute Gasteiger partial charge is 0.352 e. The number of benzene rings is 2. The lowest BCUT2D eigenvalue weighted by molar-refractivity contribution is 0.0952. The van der Waals surface area contributed by atoms with E-state index in [4.69, 9.17) is 0 Å². The van der Waals surface area contributed by atoms with Crippen molar-refractivity contribution in [1.29, 1.82) is 0 Å². The molecule has 0 saturated carbocycles. The fourth-order valence-electron chi connectivity index (χ4n) is 2.61. The first-order chi connectivity index (χ1) is 11.9. The van der Waals surface area contributed by atoms with E-state index in [9.17, 15) is 13.2 Å². The number of aromatic nitrogens is 2. The lowest BCUT2D eigenvalue weighted by atomic mass is 10.2. The molecule has 0 unspecified atom stereocenters. The molecule has 3 aromatic rings. The summed E-state index contributed by atoms with van der Waals surface area (Å²) >= 11 is 0. The lowest BCUT2D eigenvalue weighted by Crippen LogP contribution is -2.25. The van der Waals surface area contributed by atoms with E-state index in [-0.39, 0.29) is 10.8 Å². The molecule has 2 aromatic carbocycles. The van der Waals surface area contributed by atoms with Gasteiger partial charge >= 0.3 is 0 Å². The van der Waals surface area contributed by atoms with Crippen molar-refractivity contribution in [2.24, 2.45) is 0 Å². The number of para-hydroxylation sites is 2. The topological polar surface area (TPSA) is 81.1 Å². The molecule has 0 aliphatic rings. The number of hydrogen-bond donors (Lipinski definition) is 1. The summed E-state index contributed by atoms with van der Waals surface area (Å²) in [7, 11) is -3.32. The van der Waals surface area contributed by atoms with E-state index in [0.29, 0.717) is 12.1 Å². The van der Waals surface area contributed by atoms with E-state index in [1.807, 2.05) is 28.8 Å². The van der Waals surface area contributed by atoms with Crippen molar-refractivity contribution in [2.75, 3.05) is 12.8 Å². The van der Waals surface area contributed by atoms with Crippen LogP contribution in [0.5, 0.6) is 0 Å². The van der Waals surface area contributed by atoms with Crippen LogP contribution in [0, 0.1) is 0 Å². The fourth-order valence-corrected chi connectivity index (χ4v) is 3.28. The minimum atomic E-state index is -3.32. The van der Waals surface area contributed by atoms with Gasteiger partial charge in [0.15, 0.2) is 9.84 Å². The van der Waals surface area contributed by atoms with E-state index in [2.05, 4.69) is 10.3 Å². The number of fused-ring (bicyclic) bond motifs is 1. The van der Waals surface area contributed by atoms with E-state index < -0.39 is 9.84 Å². The third-order valence-corrected chi connectivity index (χ3v) is 5.02. The molecule has 0 atom stereocenters. The minimum absolute atomic E-state index is 0.144. The first kappa shape index (κ1) is 17.2. The van der Waals surface area contributed by atoms with Crippen LogP contribution < -0.4 is 5.32 Å². The second-order valence-electron chi connectivity index (χ2n) is 5.84. The number of rotatable bonds is 6. The highest BCUT2D eigenvalue weighted by Crippen LogP contribution is 2.13. The van der Waals surface area contributed by atoms with Gasteiger partial charge in [0.1, 0.15) is 0 Å². The second-order valence-corrected chi connectivity index (χ2v) is 7.85. The zero-order chi connectivity index (χ0) is 17.9. The molecule has 7 heteroatoms. The van der Waals surface area contributed by atoms with Crippen molar-refractivity contribution in [3.05, 3.63) is 60.4 Å². The van der Waals surface area contributed by atoms with Crippen molar-refractivity contribution in [1.82, 2.24) is 14.9 Å². The molecule has 0 fully saturated rings. The summed E-state index contributed by atoms with van der Waals surface area (Å²) in [5.41, 5.74) is 2.36. The molecular formula is C18H19N3O3S. The number of nitrogens with one attached hydrogen (secondary N) is 1. The maximum atomic E-state index is 12.2. The van der Waals surface area contributed by atoms with Gasteiger partial charge in [-0.25, -0.2) is 13.4 Å². The van der Waals surface area contributed by atoms with Gasteiger partial charge in [-0.3, -0.25) is 4.79 Å². The van der Waals surface area contributed by atoms with Gasteiger partial charge in [-0.1, -0.05) is 18.2 Å². The van der Waals surface area contributed by atoms with Gasteiger partial charge in [0.2, 0.25) is 0 Å². The second kappa shape index (κ2) is 7.06. The molecule has 0 radical (unpaired) electrons. The smallest absolute Gasteiger partial charge is 0.251 e. The summed E-state index contributed by atoms with van der Waals surface area (Å²) in [5.74, 6) is -0.277. The van der Waals surface area contributed by atoms with Crippen LogP contribution in [0.3, 0.4) is 0 Å². The predicted octanol–water partition coefficient (Wildman–Crippen LogP) is 2.26. The Morgan fingerprint density at radius 3 is 2.76 bits per heavy atom. The Balaban J connectivity index is 1.56. The molecule has 1 amide bonds.